The molecule has 8 heteroatoms. The van der Waals surface area contributed by atoms with Crippen LogP contribution in [-0.2, 0) is 11.3 Å². The molecule has 1 aliphatic heterocycles. The number of carbonyl (C=O) groups excluding carboxylic acids is 1. The van der Waals surface area contributed by atoms with Crippen molar-refractivity contribution in [3.05, 3.63) is 84.3 Å². The van der Waals surface area contributed by atoms with Crippen molar-refractivity contribution >= 4 is 11.6 Å². The number of fused-ring (bicyclic) bond motifs is 1. The molecule has 1 N–H and O–H groups in total. The third-order valence-corrected chi connectivity index (χ3v) is 5.83. The van der Waals surface area contributed by atoms with Crippen molar-refractivity contribution in [3.63, 3.8) is 0 Å². The van der Waals surface area contributed by atoms with Crippen LogP contribution in [0.5, 0.6) is 5.75 Å². The summed E-state index contributed by atoms with van der Waals surface area (Å²) in [5.41, 5.74) is 3.95. The molecule has 2 aromatic heterocycles. The van der Waals surface area contributed by atoms with Gasteiger partial charge in [-0.05, 0) is 29.3 Å². The van der Waals surface area contributed by atoms with Crippen molar-refractivity contribution in [1.29, 1.82) is 0 Å². The molecule has 34 heavy (non-hydrogen) atoms. The van der Waals surface area contributed by atoms with Gasteiger partial charge in [0.15, 0.2) is 5.65 Å². The number of nitrogens with zero attached hydrogens (tertiary/aromatic N) is 4. The number of amides is 1. The van der Waals surface area contributed by atoms with E-state index in [9.17, 15) is 4.79 Å². The third kappa shape index (κ3) is 5.24. The van der Waals surface area contributed by atoms with Crippen LogP contribution in [0.3, 0.4) is 0 Å². The molecule has 0 saturated carbocycles. The fourth-order valence-corrected chi connectivity index (χ4v) is 3.91. The monoisotopic (exact) mass is 457 g/mol. The van der Waals surface area contributed by atoms with Gasteiger partial charge < -0.3 is 14.8 Å². The van der Waals surface area contributed by atoms with Crippen LogP contribution < -0.4 is 10.1 Å². The summed E-state index contributed by atoms with van der Waals surface area (Å²) >= 11 is 0. The molecule has 8 nitrogen and oxygen atoms in total. The van der Waals surface area contributed by atoms with E-state index in [4.69, 9.17) is 9.47 Å². The molecule has 1 fully saturated rings. The van der Waals surface area contributed by atoms with Gasteiger partial charge in [0.1, 0.15) is 18.1 Å². The van der Waals surface area contributed by atoms with E-state index in [1.807, 2.05) is 54.6 Å². The Balaban J connectivity index is 1.24. The lowest BCUT2D eigenvalue weighted by Crippen LogP contribution is -2.41. The predicted octanol–water partition coefficient (Wildman–Crippen LogP) is 3.04. The number of hydrogen-bond acceptors (Lipinski definition) is 6. The number of morpholine rings is 1. The zero-order chi connectivity index (χ0) is 23.2. The summed E-state index contributed by atoms with van der Waals surface area (Å²) in [6.07, 6.45) is 3.53. The quantitative estimate of drug-likeness (QED) is 0.438. The van der Waals surface area contributed by atoms with Crippen LogP contribution in [0.2, 0.25) is 0 Å². The normalized spacial score (nSPS) is 14.2. The second-order valence-corrected chi connectivity index (χ2v) is 8.15. The van der Waals surface area contributed by atoms with Gasteiger partial charge in [-0.2, -0.15) is 5.10 Å². The molecule has 0 atom stereocenters. The smallest absolute Gasteiger partial charge is 0.270 e. The second kappa shape index (κ2) is 10.5. The highest BCUT2D eigenvalue weighted by molar-refractivity contribution is 5.93. The molecule has 4 aromatic rings. The van der Waals surface area contributed by atoms with Crippen LogP contribution in [0.15, 0.2) is 73.1 Å². The van der Waals surface area contributed by atoms with Crippen molar-refractivity contribution in [2.75, 3.05) is 39.4 Å². The van der Waals surface area contributed by atoms with Crippen molar-refractivity contribution in [1.82, 2.24) is 24.8 Å². The SMILES string of the molecule is O=C(NCCN1CCOCC1)c1ccn2ncc(-c3ccc(OCc4ccccc4)cc3)c2n1. The number of nitrogens with one attached hydrogen (secondary N) is 1. The maximum Gasteiger partial charge on any atom is 0.270 e. The molecule has 3 heterocycles. The highest BCUT2D eigenvalue weighted by Crippen LogP contribution is 2.26. The summed E-state index contributed by atoms with van der Waals surface area (Å²) in [5.74, 6) is 0.602. The Bertz CT molecular complexity index is 1230. The molecule has 0 spiro atoms. The summed E-state index contributed by atoms with van der Waals surface area (Å²) in [5, 5.41) is 7.36. The first-order chi connectivity index (χ1) is 16.8. The summed E-state index contributed by atoms with van der Waals surface area (Å²) in [7, 11) is 0. The predicted molar refractivity (Wildman–Crippen MR) is 129 cm³/mol. The van der Waals surface area contributed by atoms with Gasteiger partial charge in [0.2, 0.25) is 0 Å². The maximum atomic E-state index is 12.7. The highest BCUT2D eigenvalue weighted by atomic mass is 16.5. The number of carbonyl (C=O) groups is 1. The molecule has 0 unspecified atom stereocenters. The lowest BCUT2D eigenvalue weighted by atomic mass is 10.1. The number of ether oxygens (including phenoxy) is 2. The Morgan fingerprint density at radius 2 is 1.82 bits per heavy atom. The van der Waals surface area contributed by atoms with Crippen LogP contribution in [-0.4, -0.2) is 64.8 Å². The maximum absolute atomic E-state index is 12.7. The van der Waals surface area contributed by atoms with E-state index in [1.165, 1.54) is 0 Å². The van der Waals surface area contributed by atoms with E-state index in [0.29, 0.717) is 24.5 Å². The van der Waals surface area contributed by atoms with Crippen LogP contribution in [0.1, 0.15) is 16.1 Å². The van der Waals surface area contributed by atoms with Crippen LogP contribution in [0, 0.1) is 0 Å². The van der Waals surface area contributed by atoms with Gasteiger partial charge in [-0.3, -0.25) is 9.69 Å². The topological polar surface area (TPSA) is 81.0 Å². The van der Waals surface area contributed by atoms with Gasteiger partial charge in [-0.25, -0.2) is 9.50 Å². The summed E-state index contributed by atoms with van der Waals surface area (Å²) in [6.45, 7) is 5.18. The van der Waals surface area contributed by atoms with E-state index >= 15 is 0 Å². The Labute approximate surface area is 198 Å². The average Bonchev–Trinajstić information content (AvgIpc) is 3.32. The Morgan fingerprint density at radius 1 is 1.03 bits per heavy atom. The lowest BCUT2D eigenvalue weighted by Gasteiger charge is -2.26. The second-order valence-electron chi connectivity index (χ2n) is 8.15. The Kier molecular flexibility index (Phi) is 6.78. The molecule has 2 aromatic carbocycles. The van der Waals surface area contributed by atoms with Gasteiger partial charge in [-0.15, -0.1) is 0 Å². The molecule has 0 bridgehead atoms. The summed E-state index contributed by atoms with van der Waals surface area (Å²) in [4.78, 5) is 19.5. The zero-order valence-electron chi connectivity index (χ0n) is 18.9. The largest absolute Gasteiger partial charge is 0.489 e. The number of benzene rings is 2. The van der Waals surface area contributed by atoms with Crippen molar-refractivity contribution in [2.24, 2.45) is 0 Å². The number of hydrogen-bond donors (Lipinski definition) is 1. The zero-order valence-corrected chi connectivity index (χ0v) is 18.9. The minimum absolute atomic E-state index is 0.187. The highest BCUT2D eigenvalue weighted by Gasteiger charge is 2.14. The van der Waals surface area contributed by atoms with Gasteiger partial charge >= 0.3 is 0 Å². The fourth-order valence-electron chi connectivity index (χ4n) is 3.91. The van der Waals surface area contributed by atoms with Crippen molar-refractivity contribution < 1.29 is 14.3 Å². The Morgan fingerprint density at radius 3 is 2.62 bits per heavy atom. The van der Waals surface area contributed by atoms with Gasteiger partial charge in [-0.1, -0.05) is 42.5 Å². The molecule has 0 radical (unpaired) electrons. The van der Waals surface area contributed by atoms with Gasteiger partial charge in [0.05, 0.1) is 19.4 Å². The van der Waals surface area contributed by atoms with Gasteiger partial charge in [0.25, 0.3) is 5.91 Å². The molecule has 0 aliphatic carbocycles. The first-order valence-electron chi connectivity index (χ1n) is 11.5. The van der Waals surface area contributed by atoms with Crippen LogP contribution >= 0.6 is 0 Å². The van der Waals surface area contributed by atoms with E-state index < -0.39 is 0 Å². The lowest BCUT2D eigenvalue weighted by molar-refractivity contribution is 0.0383. The molecule has 1 amide bonds. The summed E-state index contributed by atoms with van der Waals surface area (Å²) < 4.78 is 12.9. The van der Waals surface area contributed by atoms with Gasteiger partial charge in [0, 0.05) is 37.9 Å². The minimum atomic E-state index is -0.187. The fraction of sp³-hybridized carbons (Fsp3) is 0.269. The third-order valence-electron chi connectivity index (χ3n) is 5.83. The Hall–Kier alpha value is -3.75. The van der Waals surface area contributed by atoms with E-state index in [2.05, 4.69) is 20.3 Å². The number of rotatable bonds is 8. The molecular weight excluding hydrogens is 430 g/mol. The van der Waals surface area contributed by atoms with E-state index in [-0.39, 0.29) is 5.91 Å². The first kappa shape index (κ1) is 22.1. The minimum Gasteiger partial charge on any atom is -0.489 e. The summed E-state index contributed by atoms with van der Waals surface area (Å²) in [6, 6.07) is 19.6. The average molecular weight is 458 g/mol. The molecule has 1 saturated heterocycles. The molecule has 5 rings (SSSR count). The van der Waals surface area contributed by atoms with Crippen LogP contribution in [0.4, 0.5) is 0 Å². The van der Waals surface area contributed by atoms with E-state index in [1.54, 1.807) is 23.0 Å². The van der Waals surface area contributed by atoms with Crippen molar-refractivity contribution in [3.8, 4) is 16.9 Å². The first-order valence-corrected chi connectivity index (χ1v) is 11.5. The number of aromatic nitrogens is 3. The van der Waals surface area contributed by atoms with Crippen LogP contribution in [0.25, 0.3) is 16.8 Å². The molecular formula is C26H27N5O3. The molecule has 1 aliphatic rings. The molecule has 174 valence electrons. The van der Waals surface area contributed by atoms with Crippen molar-refractivity contribution in [2.45, 2.75) is 6.61 Å². The standard InChI is InChI=1S/C26H27N5O3/c32-26(27-11-13-30-14-16-33-17-15-30)24-10-12-31-25(29-24)23(18-28-31)21-6-8-22(9-7-21)34-19-20-4-2-1-3-5-20/h1-10,12,18H,11,13-17,19H2,(H,27,32). The van der Waals surface area contributed by atoms with E-state index in [0.717, 1.165) is 55.3 Å².